The molecule has 1 aliphatic heterocycles. The van der Waals surface area contributed by atoms with E-state index in [1.807, 2.05) is 0 Å². The summed E-state index contributed by atoms with van der Waals surface area (Å²) >= 11 is 4.94. The second kappa shape index (κ2) is 10.5. The normalized spacial score (nSPS) is 20.6. The molecule has 0 spiro atoms. The van der Waals surface area contributed by atoms with Gasteiger partial charge >= 0.3 is 0 Å². The van der Waals surface area contributed by atoms with Gasteiger partial charge in [-0.3, -0.25) is 4.90 Å². The van der Waals surface area contributed by atoms with E-state index in [0.717, 1.165) is 19.6 Å². The van der Waals surface area contributed by atoms with Crippen molar-refractivity contribution in [2.75, 3.05) is 66.4 Å². The summed E-state index contributed by atoms with van der Waals surface area (Å²) in [4.78, 5) is 2.68. The molecule has 2 N–H and O–H groups in total. The molecule has 1 fully saturated rings. The fourth-order valence-corrected chi connectivity index (χ4v) is 1.88. The van der Waals surface area contributed by atoms with Crippen LogP contribution in [0.15, 0.2) is 0 Å². The molecular weight excluding hydrogens is 268 g/mol. The van der Waals surface area contributed by atoms with Crippen molar-refractivity contribution in [1.82, 2.24) is 4.90 Å². The third-order valence-corrected chi connectivity index (χ3v) is 3.09. The van der Waals surface area contributed by atoms with Crippen LogP contribution in [-0.4, -0.2) is 82.4 Å². The van der Waals surface area contributed by atoms with E-state index in [9.17, 15) is 0 Å². The largest absolute Gasteiger partial charge is 0.391 e. The first kappa shape index (κ1) is 16.7. The highest BCUT2D eigenvalue weighted by molar-refractivity contribution is 7.80. The molecule has 1 aliphatic rings. The lowest BCUT2D eigenvalue weighted by molar-refractivity contribution is -0.0135. The molecule has 0 radical (unpaired) electrons. The number of hydrogen-bond acceptors (Lipinski definition) is 6. The molecule has 112 valence electrons. The molecule has 1 atom stereocenters. The minimum absolute atomic E-state index is 0.124. The molecule has 1 unspecified atom stereocenters. The number of ether oxygens (including phenoxy) is 4. The molecule has 0 aromatic carbocycles. The molecule has 6 nitrogen and oxygen atoms in total. The summed E-state index contributed by atoms with van der Waals surface area (Å²) in [6.45, 7) is 6.29. The Balaban J connectivity index is 1.95. The highest BCUT2D eigenvalue weighted by Gasteiger charge is 2.21. The van der Waals surface area contributed by atoms with Crippen molar-refractivity contribution < 1.29 is 18.9 Å². The average Bonchev–Trinajstić information content (AvgIpc) is 2.42. The monoisotopic (exact) mass is 292 g/mol. The number of rotatable bonds is 10. The van der Waals surface area contributed by atoms with Gasteiger partial charge in [0, 0.05) is 26.7 Å². The van der Waals surface area contributed by atoms with Gasteiger partial charge in [0.15, 0.2) is 0 Å². The summed E-state index contributed by atoms with van der Waals surface area (Å²) in [6.07, 6.45) is -0.124. The second-order valence-corrected chi connectivity index (χ2v) is 4.75. The van der Waals surface area contributed by atoms with Crippen LogP contribution in [0.5, 0.6) is 0 Å². The van der Waals surface area contributed by atoms with Gasteiger partial charge in [-0.1, -0.05) is 12.2 Å². The Morgan fingerprint density at radius 1 is 1.26 bits per heavy atom. The maximum absolute atomic E-state index is 5.59. The lowest BCUT2D eigenvalue weighted by atomic mass is 10.3. The van der Waals surface area contributed by atoms with Crippen LogP contribution in [0.25, 0.3) is 0 Å². The first-order valence-corrected chi connectivity index (χ1v) is 6.92. The van der Waals surface area contributed by atoms with E-state index >= 15 is 0 Å². The van der Waals surface area contributed by atoms with Crippen LogP contribution in [0.2, 0.25) is 0 Å². The molecule has 0 bridgehead atoms. The number of thiocarbonyl (C=S) groups is 1. The number of methoxy groups -OCH3 is 1. The van der Waals surface area contributed by atoms with Crippen LogP contribution in [0.3, 0.4) is 0 Å². The molecule has 0 aromatic rings. The zero-order valence-corrected chi connectivity index (χ0v) is 12.3. The summed E-state index contributed by atoms with van der Waals surface area (Å²) in [5.74, 6) is 0. The lowest BCUT2D eigenvalue weighted by Gasteiger charge is -2.32. The zero-order chi connectivity index (χ0) is 13.9. The van der Waals surface area contributed by atoms with Crippen molar-refractivity contribution in [2.24, 2.45) is 5.73 Å². The molecule has 0 aliphatic carbocycles. The summed E-state index contributed by atoms with van der Waals surface area (Å²) in [7, 11) is 1.66. The summed E-state index contributed by atoms with van der Waals surface area (Å²) in [5.41, 5.74) is 5.59. The first-order valence-electron chi connectivity index (χ1n) is 6.51. The van der Waals surface area contributed by atoms with Crippen molar-refractivity contribution in [1.29, 1.82) is 0 Å². The molecular formula is C12H24N2O4S. The van der Waals surface area contributed by atoms with E-state index in [2.05, 4.69) is 4.90 Å². The molecule has 0 saturated carbocycles. The Labute approximate surface area is 120 Å². The number of hydrogen-bond donors (Lipinski definition) is 1. The van der Waals surface area contributed by atoms with Crippen LogP contribution in [-0.2, 0) is 18.9 Å². The third-order valence-electron chi connectivity index (χ3n) is 2.82. The van der Waals surface area contributed by atoms with Crippen molar-refractivity contribution >= 4 is 17.2 Å². The molecule has 0 aromatic heterocycles. The first-order chi connectivity index (χ1) is 9.24. The second-order valence-electron chi connectivity index (χ2n) is 4.28. The quantitative estimate of drug-likeness (QED) is 0.436. The fourth-order valence-electron chi connectivity index (χ4n) is 1.74. The van der Waals surface area contributed by atoms with E-state index < -0.39 is 0 Å². The van der Waals surface area contributed by atoms with Gasteiger partial charge in [0.1, 0.15) is 11.1 Å². The van der Waals surface area contributed by atoms with Crippen molar-refractivity contribution in [2.45, 2.75) is 6.10 Å². The Kier molecular flexibility index (Phi) is 9.23. The molecule has 1 rings (SSSR count). The maximum Gasteiger partial charge on any atom is 0.120 e. The molecule has 19 heavy (non-hydrogen) atoms. The van der Waals surface area contributed by atoms with Gasteiger partial charge in [-0.25, -0.2) is 0 Å². The Morgan fingerprint density at radius 3 is 2.63 bits per heavy atom. The fraction of sp³-hybridized carbons (Fsp3) is 0.917. The lowest BCUT2D eigenvalue weighted by Crippen LogP contribution is -2.48. The minimum Gasteiger partial charge on any atom is -0.391 e. The van der Waals surface area contributed by atoms with Gasteiger partial charge in [-0.2, -0.15) is 0 Å². The maximum atomic E-state index is 5.59. The van der Waals surface area contributed by atoms with E-state index in [4.69, 9.17) is 36.9 Å². The van der Waals surface area contributed by atoms with E-state index in [-0.39, 0.29) is 6.10 Å². The van der Waals surface area contributed by atoms with Crippen molar-refractivity contribution in [3.8, 4) is 0 Å². The van der Waals surface area contributed by atoms with Gasteiger partial charge in [0.05, 0.1) is 39.6 Å². The van der Waals surface area contributed by atoms with Crippen LogP contribution >= 0.6 is 12.2 Å². The summed E-state index contributed by atoms with van der Waals surface area (Å²) < 4.78 is 21.1. The molecule has 0 amide bonds. The van der Waals surface area contributed by atoms with Crippen LogP contribution in [0, 0.1) is 0 Å². The Morgan fingerprint density at radius 2 is 1.95 bits per heavy atom. The van der Waals surface area contributed by atoms with Gasteiger partial charge in [0.2, 0.25) is 0 Å². The van der Waals surface area contributed by atoms with E-state index in [0.29, 0.717) is 44.6 Å². The van der Waals surface area contributed by atoms with Gasteiger partial charge < -0.3 is 24.7 Å². The van der Waals surface area contributed by atoms with Crippen molar-refractivity contribution in [3.63, 3.8) is 0 Å². The van der Waals surface area contributed by atoms with Gasteiger partial charge in [-0.05, 0) is 0 Å². The Bertz CT molecular complexity index is 256. The predicted molar refractivity (Wildman–Crippen MR) is 76.5 cm³/mol. The minimum atomic E-state index is -0.124. The zero-order valence-electron chi connectivity index (χ0n) is 11.5. The summed E-state index contributed by atoms with van der Waals surface area (Å²) in [5, 5.41) is 0. The van der Waals surface area contributed by atoms with Gasteiger partial charge in [-0.15, -0.1) is 0 Å². The van der Waals surface area contributed by atoms with Crippen LogP contribution < -0.4 is 5.73 Å². The highest BCUT2D eigenvalue weighted by atomic mass is 32.1. The highest BCUT2D eigenvalue weighted by Crippen LogP contribution is 2.05. The van der Waals surface area contributed by atoms with E-state index in [1.165, 1.54) is 0 Å². The third kappa shape index (κ3) is 7.76. The molecule has 7 heteroatoms. The smallest absolute Gasteiger partial charge is 0.120 e. The van der Waals surface area contributed by atoms with Crippen molar-refractivity contribution in [3.05, 3.63) is 0 Å². The van der Waals surface area contributed by atoms with Gasteiger partial charge in [0.25, 0.3) is 0 Å². The topological polar surface area (TPSA) is 66.2 Å². The van der Waals surface area contributed by atoms with E-state index in [1.54, 1.807) is 7.11 Å². The Hall–Kier alpha value is -0.310. The summed E-state index contributed by atoms with van der Waals surface area (Å²) in [6, 6.07) is 0. The number of nitrogens with two attached hydrogens (primary N) is 1. The predicted octanol–water partition coefficient (Wildman–Crippen LogP) is -0.347. The number of morpholine rings is 1. The SMILES string of the molecule is COCCOCCOCCN1CCOC(C(N)=S)C1. The molecule has 1 heterocycles. The van der Waals surface area contributed by atoms with Crippen LogP contribution in [0.1, 0.15) is 0 Å². The average molecular weight is 292 g/mol. The molecule has 1 saturated heterocycles. The number of nitrogens with zero attached hydrogens (tertiary/aromatic N) is 1. The van der Waals surface area contributed by atoms with Crippen LogP contribution in [0.4, 0.5) is 0 Å². The standard InChI is InChI=1S/C12H24N2O4S/c1-15-6-7-17-9-8-16-4-2-14-3-5-18-11(10-14)12(13)19/h11H,2-10H2,1H3,(H2,13,19).